The van der Waals surface area contributed by atoms with E-state index in [1.807, 2.05) is 42.6 Å². The zero-order valence-corrected chi connectivity index (χ0v) is 13.1. The molecule has 4 aromatic rings. The lowest BCUT2D eigenvalue weighted by molar-refractivity contribution is -0.384. The highest BCUT2D eigenvalue weighted by Crippen LogP contribution is 2.44. The normalized spacial score (nSPS) is 11.8. The van der Waals surface area contributed by atoms with Crippen molar-refractivity contribution in [1.29, 1.82) is 0 Å². The van der Waals surface area contributed by atoms with Crippen LogP contribution in [0.3, 0.4) is 0 Å². The van der Waals surface area contributed by atoms with Crippen LogP contribution in [0.25, 0.3) is 27.7 Å². The van der Waals surface area contributed by atoms with Crippen LogP contribution in [-0.2, 0) is 0 Å². The van der Waals surface area contributed by atoms with Gasteiger partial charge >= 0.3 is 0 Å². The molecule has 0 aliphatic carbocycles. The number of benzene rings is 3. The van der Waals surface area contributed by atoms with E-state index in [0.29, 0.717) is 5.56 Å². The highest BCUT2D eigenvalue weighted by molar-refractivity contribution is 6.02. The van der Waals surface area contributed by atoms with E-state index in [2.05, 4.69) is 22.0 Å². The second-order valence-corrected chi connectivity index (χ2v) is 6.03. The summed E-state index contributed by atoms with van der Waals surface area (Å²) in [5.74, 6) is 0. The van der Waals surface area contributed by atoms with Crippen LogP contribution in [0.15, 0.2) is 72.9 Å². The van der Waals surface area contributed by atoms with Crippen LogP contribution in [-0.4, -0.2) is 9.49 Å². The maximum Gasteiger partial charge on any atom is 0.277 e. The molecule has 1 aliphatic heterocycles. The second-order valence-electron chi connectivity index (χ2n) is 6.03. The molecule has 0 radical (unpaired) electrons. The van der Waals surface area contributed by atoms with Gasteiger partial charge in [-0.1, -0.05) is 36.4 Å². The van der Waals surface area contributed by atoms with E-state index in [1.165, 1.54) is 0 Å². The van der Waals surface area contributed by atoms with Gasteiger partial charge in [-0.05, 0) is 24.3 Å². The molecule has 5 heteroatoms. The maximum absolute atomic E-state index is 11.5. The molecule has 0 unspecified atom stereocenters. The van der Waals surface area contributed by atoms with E-state index in [9.17, 15) is 10.1 Å². The summed E-state index contributed by atoms with van der Waals surface area (Å²) in [7, 11) is 0. The zero-order chi connectivity index (χ0) is 17.0. The molecule has 5 rings (SSSR count). The molecular weight excluding hydrogens is 314 g/mol. The fourth-order valence-corrected chi connectivity index (χ4v) is 3.59. The van der Waals surface area contributed by atoms with Crippen LogP contribution in [0.1, 0.15) is 0 Å². The smallest absolute Gasteiger partial charge is 0.277 e. The molecule has 0 bridgehead atoms. The van der Waals surface area contributed by atoms with Gasteiger partial charge in [0.15, 0.2) is 0 Å². The third kappa shape index (κ3) is 1.89. The van der Waals surface area contributed by atoms with E-state index in [-0.39, 0.29) is 10.6 Å². The number of hydrogen-bond acceptors (Lipinski definition) is 3. The number of rotatable bonds is 2. The van der Waals surface area contributed by atoms with Crippen molar-refractivity contribution >= 4 is 28.0 Å². The first-order valence-corrected chi connectivity index (χ1v) is 7.98. The summed E-state index contributed by atoms with van der Waals surface area (Å²) in [5.41, 5.74) is 5.53. The SMILES string of the molecule is O=[N+]([O-])c1ccccc1-c1cccc2c1Nc1cccc3ccn-2c13. The first-order valence-electron chi connectivity index (χ1n) is 7.98. The van der Waals surface area contributed by atoms with E-state index in [1.54, 1.807) is 18.2 Å². The van der Waals surface area contributed by atoms with Crippen molar-refractivity contribution in [3.05, 3.63) is 83.0 Å². The van der Waals surface area contributed by atoms with Crippen molar-refractivity contribution in [3.63, 3.8) is 0 Å². The molecule has 2 heterocycles. The second kappa shape index (κ2) is 4.95. The van der Waals surface area contributed by atoms with Gasteiger partial charge in [-0.25, -0.2) is 0 Å². The molecule has 0 amide bonds. The minimum Gasteiger partial charge on any atom is -0.352 e. The Morgan fingerprint density at radius 3 is 2.56 bits per heavy atom. The quantitative estimate of drug-likeness (QED) is 0.355. The average molecular weight is 327 g/mol. The van der Waals surface area contributed by atoms with Gasteiger partial charge < -0.3 is 9.88 Å². The molecule has 0 saturated carbocycles. The number of para-hydroxylation sites is 3. The Labute approximate surface area is 143 Å². The van der Waals surface area contributed by atoms with Gasteiger partial charge in [0.2, 0.25) is 0 Å². The van der Waals surface area contributed by atoms with Crippen LogP contribution in [0.4, 0.5) is 17.1 Å². The van der Waals surface area contributed by atoms with Gasteiger partial charge in [0.1, 0.15) is 0 Å². The third-order valence-electron chi connectivity index (χ3n) is 4.66. The topological polar surface area (TPSA) is 60.1 Å². The van der Waals surface area contributed by atoms with Gasteiger partial charge in [-0.3, -0.25) is 10.1 Å². The lowest BCUT2D eigenvalue weighted by atomic mass is 9.99. The lowest BCUT2D eigenvalue weighted by Gasteiger charge is -2.24. The Hall–Kier alpha value is -3.60. The minimum atomic E-state index is -0.334. The molecule has 0 fully saturated rings. The van der Waals surface area contributed by atoms with Crippen molar-refractivity contribution in [1.82, 2.24) is 4.57 Å². The molecule has 0 saturated heterocycles. The molecule has 1 aliphatic rings. The van der Waals surface area contributed by atoms with Crippen molar-refractivity contribution in [2.45, 2.75) is 0 Å². The van der Waals surface area contributed by atoms with Gasteiger partial charge in [-0.2, -0.15) is 0 Å². The molecule has 25 heavy (non-hydrogen) atoms. The summed E-state index contributed by atoms with van der Waals surface area (Å²) in [5, 5.41) is 16.1. The number of fused-ring (bicyclic) bond motifs is 2. The fourth-order valence-electron chi connectivity index (χ4n) is 3.59. The van der Waals surface area contributed by atoms with E-state index in [4.69, 9.17) is 0 Å². The predicted molar refractivity (Wildman–Crippen MR) is 98.6 cm³/mol. The molecule has 120 valence electrons. The molecule has 1 N–H and O–H groups in total. The van der Waals surface area contributed by atoms with Gasteiger partial charge in [-0.15, -0.1) is 0 Å². The predicted octanol–water partition coefficient (Wildman–Crippen LogP) is 5.26. The highest BCUT2D eigenvalue weighted by Gasteiger charge is 2.23. The maximum atomic E-state index is 11.5. The molecular formula is C20H13N3O2. The molecule has 0 spiro atoms. The average Bonchev–Trinajstić information content (AvgIpc) is 3.07. The number of anilines is 2. The number of nitro benzene ring substituents is 1. The van der Waals surface area contributed by atoms with Gasteiger partial charge in [0.25, 0.3) is 5.69 Å². The van der Waals surface area contributed by atoms with Crippen LogP contribution >= 0.6 is 0 Å². The standard InChI is InChI=1S/C20H13N3O2/c24-23(25)17-9-2-1-6-14(17)15-7-4-10-18-19(15)21-16-8-3-5-13-11-12-22(18)20(13)16/h1-12,21H. The van der Waals surface area contributed by atoms with Crippen LogP contribution in [0.2, 0.25) is 0 Å². The first-order chi connectivity index (χ1) is 12.2. The first kappa shape index (κ1) is 13.8. The van der Waals surface area contributed by atoms with E-state index >= 15 is 0 Å². The van der Waals surface area contributed by atoms with Crippen molar-refractivity contribution < 1.29 is 4.92 Å². The Morgan fingerprint density at radius 2 is 1.68 bits per heavy atom. The van der Waals surface area contributed by atoms with E-state index < -0.39 is 0 Å². The Balaban J connectivity index is 1.82. The third-order valence-corrected chi connectivity index (χ3v) is 4.66. The fraction of sp³-hybridized carbons (Fsp3) is 0. The highest BCUT2D eigenvalue weighted by atomic mass is 16.6. The molecule has 1 aromatic heterocycles. The Bertz CT molecular complexity index is 1160. The van der Waals surface area contributed by atoms with Crippen LogP contribution in [0.5, 0.6) is 0 Å². The lowest BCUT2D eigenvalue weighted by Crippen LogP contribution is -2.08. The number of hydrogen-bond donors (Lipinski definition) is 1. The number of nitrogens with one attached hydrogen (secondary N) is 1. The van der Waals surface area contributed by atoms with Gasteiger partial charge in [0, 0.05) is 23.2 Å². The molecule has 3 aromatic carbocycles. The zero-order valence-electron chi connectivity index (χ0n) is 13.1. The summed E-state index contributed by atoms with van der Waals surface area (Å²) in [6, 6.07) is 20.9. The number of aromatic nitrogens is 1. The molecule has 0 atom stereocenters. The van der Waals surface area contributed by atoms with Gasteiger partial charge in [0.05, 0.1) is 33.1 Å². The Morgan fingerprint density at radius 1 is 0.880 bits per heavy atom. The van der Waals surface area contributed by atoms with Crippen molar-refractivity contribution in [2.24, 2.45) is 0 Å². The minimum absolute atomic E-state index is 0.106. The summed E-state index contributed by atoms with van der Waals surface area (Å²) in [6.45, 7) is 0. The summed E-state index contributed by atoms with van der Waals surface area (Å²) in [6.07, 6.45) is 2.04. The van der Waals surface area contributed by atoms with Crippen molar-refractivity contribution in [3.8, 4) is 16.8 Å². The summed E-state index contributed by atoms with van der Waals surface area (Å²) >= 11 is 0. The Kier molecular flexibility index (Phi) is 2.73. The largest absolute Gasteiger partial charge is 0.352 e. The van der Waals surface area contributed by atoms with Crippen molar-refractivity contribution in [2.75, 3.05) is 5.32 Å². The summed E-state index contributed by atoms with van der Waals surface area (Å²) < 4.78 is 2.13. The monoisotopic (exact) mass is 327 g/mol. The van der Waals surface area contributed by atoms with E-state index in [0.717, 1.165) is 33.5 Å². The summed E-state index contributed by atoms with van der Waals surface area (Å²) in [4.78, 5) is 11.1. The van der Waals surface area contributed by atoms with Crippen LogP contribution in [0, 0.1) is 10.1 Å². The molecule has 5 nitrogen and oxygen atoms in total. The number of nitro groups is 1. The number of nitrogens with zero attached hydrogens (tertiary/aromatic N) is 2. The van der Waals surface area contributed by atoms with Crippen LogP contribution < -0.4 is 5.32 Å².